The molecule has 0 aromatic carbocycles. The highest BCUT2D eigenvalue weighted by molar-refractivity contribution is 5.85. The fourth-order valence-corrected chi connectivity index (χ4v) is 1.49. The molecule has 0 amide bonds. The molecule has 0 N–H and O–H groups in total. The van der Waals surface area contributed by atoms with Crippen molar-refractivity contribution in [3.63, 3.8) is 0 Å². The molecule has 0 heterocycles. The molecular formula is C11H24ClN. The first-order valence-corrected chi connectivity index (χ1v) is 5.13. The van der Waals surface area contributed by atoms with E-state index < -0.39 is 0 Å². The standard InChI is InChI=1S/C11H23N.ClH/c1-5-8-11(4)12(9-6-2)10-7-3;/h5,8,11H,6-7,9-10H2,1-4H3;1H/b8-5+;. The van der Waals surface area contributed by atoms with E-state index in [1.807, 2.05) is 0 Å². The van der Waals surface area contributed by atoms with Crippen LogP contribution in [0.4, 0.5) is 0 Å². The van der Waals surface area contributed by atoms with E-state index >= 15 is 0 Å². The second-order valence-electron chi connectivity index (χ2n) is 3.30. The van der Waals surface area contributed by atoms with Gasteiger partial charge in [0.05, 0.1) is 0 Å². The number of hydrogen-bond acceptors (Lipinski definition) is 1. The molecule has 0 fully saturated rings. The van der Waals surface area contributed by atoms with Crippen LogP contribution in [0.1, 0.15) is 40.5 Å². The molecule has 1 nitrogen and oxygen atoms in total. The Morgan fingerprint density at radius 3 is 1.92 bits per heavy atom. The average molecular weight is 206 g/mol. The first-order valence-electron chi connectivity index (χ1n) is 5.13. The van der Waals surface area contributed by atoms with Crippen molar-refractivity contribution < 1.29 is 0 Å². The molecule has 0 radical (unpaired) electrons. The van der Waals surface area contributed by atoms with Crippen LogP contribution < -0.4 is 0 Å². The molecule has 1 atom stereocenters. The molecule has 0 aliphatic carbocycles. The van der Waals surface area contributed by atoms with Gasteiger partial charge in [-0.15, -0.1) is 12.4 Å². The van der Waals surface area contributed by atoms with Gasteiger partial charge in [-0.05, 0) is 39.8 Å². The summed E-state index contributed by atoms with van der Waals surface area (Å²) in [5.74, 6) is 0. The van der Waals surface area contributed by atoms with E-state index in [9.17, 15) is 0 Å². The summed E-state index contributed by atoms with van der Waals surface area (Å²) < 4.78 is 0. The molecule has 0 rings (SSSR count). The van der Waals surface area contributed by atoms with Crippen molar-refractivity contribution in [2.45, 2.75) is 46.6 Å². The van der Waals surface area contributed by atoms with Crippen molar-refractivity contribution in [3.8, 4) is 0 Å². The minimum atomic E-state index is 0. The Bertz CT molecular complexity index is 117. The Hall–Kier alpha value is -0.0100. The van der Waals surface area contributed by atoms with Crippen LogP contribution in [0, 0.1) is 0 Å². The van der Waals surface area contributed by atoms with Crippen LogP contribution in [0.5, 0.6) is 0 Å². The van der Waals surface area contributed by atoms with Crippen molar-refractivity contribution >= 4 is 12.4 Å². The molecule has 0 aromatic heterocycles. The van der Waals surface area contributed by atoms with E-state index in [1.54, 1.807) is 0 Å². The lowest BCUT2D eigenvalue weighted by molar-refractivity contribution is 0.242. The van der Waals surface area contributed by atoms with Gasteiger partial charge in [-0.1, -0.05) is 26.0 Å². The van der Waals surface area contributed by atoms with Crippen molar-refractivity contribution in [2.24, 2.45) is 0 Å². The van der Waals surface area contributed by atoms with Crippen molar-refractivity contribution in [2.75, 3.05) is 13.1 Å². The zero-order valence-electron chi connectivity index (χ0n) is 9.42. The fourth-order valence-electron chi connectivity index (χ4n) is 1.49. The average Bonchev–Trinajstić information content (AvgIpc) is 2.04. The lowest BCUT2D eigenvalue weighted by Crippen LogP contribution is -2.33. The van der Waals surface area contributed by atoms with Crippen LogP contribution in [0.25, 0.3) is 0 Å². The number of nitrogens with zero attached hydrogens (tertiary/aromatic N) is 1. The third-order valence-corrected chi connectivity index (χ3v) is 2.07. The second kappa shape index (κ2) is 10.1. The molecule has 0 aliphatic rings. The van der Waals surface area contributed by atoms with E-state index in [1.165, 1.54) is 25.9 Å². The molecule has 0 aliphatic heterocycles. The largest absolute Gasteiger partial charge is 0.297 e. The molecule has 0 aromatic rings. The maximum atomic E-state index is 2.53. The van der Waals surface area contributed by atoms with Gasteiger partial charge in [0, 0.05) is 6.04 Å². The van der Waals surface area contributed by atoms with Gasteiger partial charge in [0.2, 0.25) is 0 Å². The number of rotatable bonds is 6. The third-order valence-electron chi connectivity index (χ3n) is 2.07. The molecule has 13 heavy (non-hydrogen) atoms. The van der Waals surface area contributed by atoms with E-state index in [2.05, 4.69) is 44.7 Å². The van der Waals surface area contributed by atoms with Gasteiger partial charge in [0.25, 0.3) is 0 Å². The number of halogens is 1. The van der Waals surface area contributed by atoms with Gasteiger partial charge in [0.15, 0.2) is 0 Å². The minimum Gasteiger partial charge on any atom is -0.297 e. The maximum Gasteiger partial charge on any atom is 0.0249 e. The quantitative estimate of drug-likeness (QED) is 0.600. The first-order chi connectivity index (χ1) is 5.76. The summed E-state index contributed by atoms with van der Waals surface area (Å²) in [5, 5.41) is 0. The van der Waals surface area contributed by atoms with Crippen LogP contribution in [0.3, 0.4) is 0 Å². The van der Waals surface area contributed by atoms with Crippen LogP contribution in [0.2, 0.25) is 0 Å². The normalized spacial score (nSPS) is 13.3. The monoisotopic (exact) mass is 205 g/mol. The Balaban J connectivity index is 0. The Labute approximate surface area is 89.6 Å². The number of allylic oxidation sites excluding steroid dienone is 1. The lowest BCUT2D eigenvalue weighted by Gasteiger charge is -2.25. The molecule has 2 heteroatoms. The summed E-state index contributed by atoms with van der Waals surface area (Å²) in [6, 6.07) is 0.606. The molecular weight excluding hydrogens is 182 g/mol. The van der Waals surface area contributed by atoms with Gasteiger partial charge in [-0.25, -0.2) is 0 Å². The highest BCUT2D eigenvalue weighted by atomic mass is 35.5. The minimum absolute atomic E-state index is 0. The van der Waals surface area contributed by atoms with E-state index in [0.717, 1.165) is 0 Å². The fraction of sp³-hybridized carbons (Fsp3) is 0.818. The summed E-state index contributed by atoms with van der Waals surface area (Å²) >= 11 is 0. The molecule has 0 spiro atoms. The molecule has 0 saturated carbocycles. The molecule has 1 unspecified atom stereocenters. The van der Waals surface area contributed by atoms with Crippen molar-refractivity contribution in [3.05, 3.63) is 12.2 Å². The van der Waals surface area contributed by atoms with Crippen LogP contribution in [-0.2, 0) is 0 Å². The van der Waals surface area contributed by atoms with E-state index in [-0.39, 0.29) is 12.4 Å². The summed E-state index contributed by atoms with van der Waals surface area (Å²) in [7, 11) is 0. The van der Waals surface area contributed by atoms with Crippen molar-refractivity contribution in [1.82, 2.24) is 4.90 Å². The SMILES string of the molecule is C/C=C/C(C)N(CCC)CCC.Cl. The Morgan fingerprint density at radius 1 is 1.15 bits per heavy atom. The second-order valence-corrected chi connectivity index (χ2v) is 3.30. The van der Waals surface area contributed by atoms with Gasteiger partial charge >= 0.3 is 0 Å². The summed E-state index contributed by atoms with van der Waals surface area (Å²) in [4.78, 5) is 2.53. The smallest absolute Gasteiger partial charge is 0.0249 e. The zero-order valence-corrected chi connectivity index (χ0v) is 10.2. The highest BCUT2D eigenvalue weighted by Gasteiger charge is 2.07. The molecule has 0 saturated heterocycles. The predicted molar refractivity (Wildman–Crippen MR) is 63.7 cm³/mol. The summed E-state index contributed by atoms with van der Waals surface area (Å²) in [6.07, 6.45) is 6.91. The van der Waals surface area contributed by atoms with Crippen LogP contribution in [0.15, 0.2) is 12.2 Å². The summed E-state index contributed by atoms with van der Waals surface area (Å²) in [5.41, 5.74) is 0. The van der Waals surface area contributed by atoms with Crippen LogP contribution >= 0.6 is 12.4 Å². The van der Waals surface area contributed by atoms with Crippen LogP contribution in [-0.4, -0.2) is 24.0 Å². The Morgan fingerprint density at radius 2 is 1.62 bits per heavy atom. The van der Waals surface area contributed by atoms with Gasteiger partial charge < -0.3 is 0 Å². The van der Waals surface area contributed by atoms with Gasteiger partial charge in [-0.3, -0.25) is 4.90 Å². The zero-order chi connectivity index (χ0) is 9.40. The molecule has 0 bridgehead atoms. The summed E-state index contributed by atoms with van der Waals surface area (Å²) in [6.45, 7) is 11.3. The van der Waals surface area contributed by atoms with E-state index in [0.29, 0.717) is 6.04 Å². The van der Waals surface area contributed by atoms with Gasteiger partial charge in [-0.2, -0.15) is 0 Å². The predicted octanol–water partition coefficient (Wildman–Crippen LogP) is 3.49. The number of hydrogen-bond donors (Lipinski definition) is 0. The molecule has 80 valence electrons. The topological polar surface area (TPSA) is 3.24 Å². The van der Waals surface area contributed by atoms with Gasteiger partial charge in [0.1, 0.15) is 0 Å². The third kappa shape index (κ3) is 7.09. The highest BCUT2D eigenvalue weighted by Crippen LogP contribution is 2.03. The Kier molecular flexibility index (Phi) is 12.0. The lowest BCUT2D eigenvalue weighted by atomic mass is 10.2. The van der Waals surface area contributed by atoms with Crippen molar-refractivity contribution in [1.29, 1.82) is 0 Å². The van der Waals surface area contributed by atoms with E-state index in [4.69, 9.17) is 0 Å². The maximum absolute atomic E-state index is 2.53. The first kappa shape index (κ1) is 15.5.